The minimum absolute atomic E-state index is 0.109. The SMILES string of the molecule is CC(C)NCCOCCOCCOCCOP(=O)(O)C(C)C. The van der Waals surface area contributed by atoms with Crippen molar-refractivity contribution in [2.45, 2.75) is 39.4 Å². The highest BCUT2D eigenvalue weighted by Gasteiger charge is 2.23. The van der Waals surface area contributed by atoms with Crippen LogP contribution in [0.25, 0.3) is 0 Å². The van der Waals surface area contributed by atoms with Gasteiger partial charge in [-0.05, 0) is 0 Å². The molecule has 22 heavy (non-hydrogen) atoms. The predicted molar refractivity (Wildman–Crippen MR) is 86.5 cm³/mol. The fourth-order valence-corrected chi connectivity index (χ4v) is 1.97. The Labute approximate surface area is 134 Å². The molecule has 8 heteroatoms. The molecule has 0 aromatic carbocycles. The van der Waals surface area contributed by atoms with Crippen LogP contribution >= 0.6 is 7.60 Å². The molecule has 0 heterocycles. The van der Waals surface area contributed by atoms with Crippen LogP contribution in [0.4, 0.5) is 0 Å². The first-order valence-corrected chi connectivity index (χ1v) is 9.44. The average Bonchev–Trinajstić information content (AvgIpc) is 2.43. The summed E-state index contributed by atoms with van der Waals surface area (Å²) >= 11 is 0. The molecular formula is C14H32NO6P. The monoisotopic (exact) mass is 341 g/mol. The molecule has 0 saturated heterocycles. The van der Waals surface area contributed by atoms with Gasteiger partial charge in [0.2, 0.25) is 0 Å². The minimum Gasteiger partial charge on any atom is -0.378 e. The van der Waals surface area contributed by atoms with Crippen molar-refractivity contribution >= 4 is 7.60 Å². The van der Waals surface area contributed by atoms with Gasteiger partial charge in [-0.3, -0.25) is 4.57 Å². The van der Waals surface area contributed by atoms with Gasteiger partial charge in [-0.25, -0.2) is 0 Å². The van der Waals surface area contributed by atoms with Crippen LogP contribution in [0.2, 0.25) is 0 Å². The largest absolute Gasteiger partial charge is 0.378 e. The maximum Gasteiger partial charge on any atom is 0.330 e. The average molecular weight is 341 g/mol. The van der Waals surface area contributed by atoms with E-state index in [2.05, 4.69) is 19.2 Å². The summed E-state index contributed by atoms with van der Waals surface area (Å²) in [5.41, 5.74) is -0.397. The summed E-state index contributed by atoms with van der Waals surface area (Å²) in [4.78, 5) is 9.42. The Kier molecular flexibility index (Phi) is 13.4. The molecule has 1 atom stereocenters. The molecule has 0 aromatic heterocycles. The van der Waals surface area contributed by atoms with Gasteiger partial charge in [0.05, 0.1) is 51.9 Å². The van der Waals surface area contributed by atoms with Crippen LogP contribution in [-0.2, 0) is 23.3 Å². The molecule has 0 fully saturated rings. The zero-order valence-corrected chi connectivity index (χ0v) is 15.1. The van der Waals surface area contributed by atoms with Crippen molar-refractivity contribution in [3.8, 4) is 0 Å². The topological polar surface area (TPSA) is 86.3 Å². The first-order valence-electron chi connectivity index (χ1n) is 7.80. The van der Waals surface area contributed by atoms with E-state index in [1.54, 1.807) is 13.8 Å². The summed E-state index contributed by atoms with van der Waals surface area (Å²) in [6, 6.07) is 0.473. The second kappa shape index (κ2) is 13.4. The first kappa shape index (κ1) is 22.0. The zero-order valence-electron chi connectivity index (χ0n) is 14.2. The fraction of sp³-hybridized carbons (Fsp3) is 1.00. The van der Waals surface area contributed by atoms with Crippen LogP contribution in [0.5, 0.6) is 0 Å². The van der Waals surface area contributed by atoms with Crippen molar-refractivity contribution in [1.82, 2.24) is 5.32 Å². The molecule has 7 nitrogen and oxygen atoms in total. The number of hydrogen-bond acceptors (Lipinski definition) is 6. The summed E-state index contributed by atoms with van der Waals surface area (Å²) in [6.45, 7) is 11.4. The van der Waals surface area contributed by atoms with Gasteiger partial charge < -0.3 is 28.9 Å². The number of ether oxygens (including phenoxy) is 3. The quantitative estimate of drug-likeness (QED) is 0.346. The Morgan fingerprint density at radius 2 is 1.32 bits per heavy atom. The lowest BCUT2D eigenvalue weighted by atomic mass is 10.4. The van der Waals surface area contributed by atoms with Gasteiger partial charge in [0, 0.05) is 12.6 Å². The lowest BCUT2D eigenvalue weighted by Crippen LogP contribution is -2.27. The lowest BCUT2D eigenvalue weighted by Gasteiger charge is -2.15. The Hall–Kier alpha value is -0.0100. The van der Waals surface area contributed by atoms with Crippen molar-refractivity contribution in [1.29, 1.82) is 0 Å². The third-order valence-corrected chi connectivity index (χ3v) is 4.56. The molecule has 0 spiro atoms. The Morgan fingerprint density at radius 1 is 0.864 bits per heavy atom. The van der Waals surface area contributed by atoms with E-state index in [0.29, 0.717) is 39.1 Å². The number of nitrogens with one attached hydrogen (secondary N) is 1. The van der Waals surface area contributed by atoms with Crippen LogP contribution in [0.3, 0.4) is 0 Å². The van der Waals surface area contributed by atoms with Gasteiger partial charge in [0.15, 0.2) is 0 Å². The van der Waals surface area contributed by atoms with Crippen molar-refractivity contribution in [3.05, 3.63) is 0 Å². The Morgan fingerprint density at radius 3 is 1.77 bits per heavy atom. The molecule has 0 aromatic rings. The highest BCUT2D eigenvalue weighted by molar-refractivity contribution is 7.53. The molecule has 1 unspecified atom stereocenters. The summed E-state index contributed by atoms with van der Waals surface area (Å²) in [5, 5.41) is 3.26. The van der Waals surface area contributed by atoms with Crippen LogP contribution in [0, 0.1) is 0 Å². The molecule has 0 saturated carbocycles. The van der Waals surface area contributed by atoms with Crippen molar-refractivity contribution in [2.75, 3.05) is 52.8 Å². The summed E-state index contributed by atoms with van der Waals surface area (Å²) in [5.74, 6) is 0. The molecule has 2 N–H and O–H groups in total. The molecule has 0 amide bonds. The molecule has 0 rings (SSSR count). The van der Waals surface area contributed by atoms with E-state index < -0.39 is 13.3 Å². The van der Waals surface area contributed by atoms with Gasteiger partial charge in [0.25, 0.3) is 0 Å². The maximum absolute atomic E-state index is 11.5. The highest BCUT2D eigenvalue weighted by Crippen LogP contribution is 2.46. The van der Waals surface area contributed by atoms with E-state index in [4.69, 9.17) is 18.7 Å². The van der Waals surface area contributed by atoms with E-state index in [-0.39, 0.29) is 13.2 Å². The van der Waals surface area contributed by atoms with E-state index in [9.17, 15) is 9.46 Å². The normalized spacial score (nSPS) is 14.7. The zero-order chi connectivity index (χ0) is 16.8. The van der Waals surface area contributed by atoms with Crippen molar-refractivity contribution in [2.24, 2.45) is 0 Å². The van der Waals surface area contributed by atoms with Gasteiger partial charge in [-0.15, -0.1) is 0 Å². The first-order chi connectivity index (χ1) is 10.4. The molecule has 0 aliphatic rings. The summed E-state index contributed by atoms with van der Waals surface area (Å²) in [7, 11) is -3.48. The smallest absolute Gasteiger partial charge is 0.330 e. The van der Waals surface area contributed by atoms with E-state index >= 15 is 0 Å². The summed E-state index contributed by atoms with van der Waals surface area (Å²) in [6.07, 6.45) is 0. The molecule has 0 radical (unpaired) electrons. The van der Waals surface area contributed by atoms with Crippen LogP contribution < -0.4 is 5.32 Å². The molecular weight excluding hydrogens is 309 g/mol. The van der Waals surface area contributed by atoms with E-state index in [0.717, 1.165) is 6.54 Å². The van der Waals surface area contributed by atoms with Crippen LogP contribution in [0.1, 0.15) is 27.7 Å². The molecule has 0 aliphatic heterocycles. The molecule has 0 aliphatic carbocycles. The highest BCUT2D eigenvalue weighted by atomic mass is 31.2. The minimum atomic E-state index is -3.48. The van der Waals surface area contributed by atoms with Gasteiger partial charge in [-0.1, -0.05) is 27.7 Å². The van der Waals surface area contributed by atoms with Gasteiger partial charge in [0.1, 0.15) is 0 Å². The lowest BCUT2D eigenvalue weighted by molar-refractivity contribution is 0.00903. The number of rotatable bonds is 15. The van der Waals surface area contributed by atoms with Gasteiger partial charge >= 0.3 is 7.60 Å². The predicted octanol–water partition coefficient (Wildman–Crippen LogP) is 1.64. The maximum atomic E-state index is 11.5. The van der Waals surface area contributed by atoms with E-state index in [1.807, 2.05) is 0 Å². The Balaban J connectivity index is 3.20. The third kappa shape index (κ3) is 13.6. The van der Waals surface area contributed by atoms with Gasteiger partial charge in [-0.2, -0.15) is 0 Å². The summed E-state index contributed by atoms with van der Waals surface area (Å²) < 4.78 is 32.3. The Bertz CT molecular complexity index is 301. The molecule has 0 bridgehead atoms. The third-order valence-electron chi connectivity index (χ3n) is 2.70. The van der Waals surface area contributed by atoms with Crippen LogP contribution in [-0.4, -0.2) is 69.4 Å². The van der Waals surface area contributed by atoms with Crippen LogP contribution in [0.15, 0.2) is 0 Å². The second-order valence-electron chi connectivity index (χ2n) is 5.44. The molecule has 134 valence electrons. The van der Waals surface area contributed by atoms with E-state index in [1.165, 1.54) is 0 Å². The van der Waals surface area contributed by atoms with Crippen molar-refractivity contribution in [3.63, 3.8) is 0 Å². The van der Waals surface area contributed by atoms with Crippen molar-refractivity contribution < 1.29 is 28.2 Å². The standard InChI is InChI=1S/C14H32NO6P/c1-13(2)15-5-6-18-7-8-19-9-10-20-11-12-21-22(16,17)14(3)4/h13-15H,5-12H2,1-4H3,(H,16,17). The fourth-order valence-electron chi connectivity index (χ4n) is 1.34. The second-order valence-corrected chi connectivity index (χ2v) is 7.86. The number of hydrogen-bond donors (Lipinski definition) is 2.